The van der Waals surface area contributed by atoms with E-state index in [1.54, 1.807) is 0 Å². The Bertz CT molecular complexity index is 554. The van der Waals surface area contributed by atoms with E-state index in [0.29, 0.717) is 13.0 Å². The molecular weight excluding hydrogens is 308 g/mol. The quantitative estimate of drug-likeness (QED) is 0.776. The summed E-state index contributed by atoms with van der Waals surface area (Å²) in [5.74, 6) is -0.506. The van der Waals surface area contributed by atoms with Gasteiger partial charge in [-0.15, -0.1) is 0 Å². The smallest absolute Gasteiger partial charge is 0.190 e. The molecule has 1 saturated carbocycles. The number of benzene rings is 1. The molecule has 1 aromatic rings. The van der Waals surface area contributed by atoms with Crippen LogP contribution in [0.25, 0.3) is 0 Å². The second-order valence-corrected chi connectivity index (χ2v) is 6.88. The minimum absolute atomic E-state index is 0.253. The topological polar surface area (TPSA) is 54.0 Å². The van der Waals surface area contributed by atoms with Gasteiger partial charge in [0, 0.05) is 19.3 Å². The van der Waals surface area contributed by atoms with Crippen molar-refractivity contribution >= 4 is 6.29 Å². The standard InChI is InChI=1S/C19H24O5/c20-12-9-15-16(21-13-14-7-3-1-4-8-14)17-18(22-15)24-19(23-17)10-5-2-6-11-19/h1,3-4,7-8,12,15-18H,2,5-6,9-11,13H2/t15-,16+,17-,18-/m1/s1. The molecule has 4 rings (SSSR count). The second kappa shape index (κ2) is 6.92. The number of aldehydes is 1. The Morgan fingerprint density at radius 1 is 1.12 bits per heavy atom. The van der Waals surface area contributed by atoms with Crippen LogP contribution < -0.4 is 0 Å². The normalized spacial score (nSPS) is 34.3. The van der Waals surface area contributed by atoms with Gasteiger partial charge in [-0.2, -0.15) is 0 Å². The first-order valence-corrected chi connectivity index (χ1v) is 8.90. The summed E-state index contributed by atoms with van der Waals surface area (Å²) in [5.41, 5.74) is 1.09. The van der Waals surface area contributed by atoms with Crippen molar-refractivity contribution in [2.24, 2.45) is 0 Å². The highest BCUT2D eigenvalue weighted by Gasteiger charge is 2.58. The third-order valence-corrected chi connectivity index (χ3v) is 5.18. The highest BCUT2D eigenvalue weighted by molar-refractivity contribution is 5.50. The Morgan fingerprint density at radius 3 is 2.67 bits per heavy atom. The average molecular weight is 332 g/mol. The van der Waals surface area contributed by atoms with E-state index in [2.05, 4.69) is 0 Å². The molecule has 130 valence electrons. The molecule has 3 aliphatic rings. The van der Waals surface area contributed by atoms with E-state index >= 15 is 0 Å². The van der Waals surface area contributed by atoms with E-state index < -0.39 is 12.1 Å². The zero-order chi connectivity index (χ0) is 16.4. The zero-order valence-electron chi connectivity index (χ0n) is 13.8. The predicted octanol–water partition coefficient (Wildman–Crippen LogP) is 2.96. The summed E-state index contributed by atoms with van der Waals surface area (Å²) in [5, 5.41) is 0. The summed E-state index contributed by atoms with van der Waals surface area (Å²) in [4.78, 5) is 11.0. The number of fused-ring (bicyclic) bond motifs is 1. The molecule has 0 unspecified atom stereocenters. The van der Waals surface area contributed by atoms with Crippen LogP contribution in [-0.2, 0) is 30.3 Å². The van der Waals surface area contributed by atoms with Gasteiger partial charge in [0.15, 0.2) is 12.1 Å². The van der Waals surface area contributed by atoms with Crippen molar-refractivity contribution in [1.82, 2.24) is 0 Å². The van der Waals surface area contributed by atoms with Gasteiger partial charge >= 0.3 is 0 Å². The minimum Gasteiger partial charge on any atom is -0.368 e. The molecule has 5 heteroatoms. The van der Waals surface area contributed by atoms with Crippen LogP contribution in [0.5, 0.6) is 0 Å². The highest BCUT2D eigenvalue weighted by atomic mass is 16.8. The van der Waals surface area contributed by atoms with Crippen LogP contribution in [-0.4, -0.2) is 36.7 Å². The molecule has 2 heterocycles. The lowest BCUT2D eigenvalue weighted by Crippen LogP contribution is -2.40. The van der Waals surface area contributed by atoms with Crippen molar-refractivity contribution < 1.29 is 23.7 Å². The first-order chi connectivity index (χ1) is 11.8. The number of hydrogen-bond donors (Lipinski definition) is 0. The van der Waals surface area contributed by atoms with Gasteiger partial charge in [-0.25, -0.2) is 0 Å². The van der Waals surface area contributed by atoms with E-state index in [1.807, 2.05) is 30.3 Å². The molecule has 1 spiro atoms. The summed E-state index contributed by atoms with van der Waals surface area (Å²) in [6.45, 7) is 0.476. The molecule has 0 radical (unpaired) electrons. The third kappa shape index (κ3) is 3.14. The Labute approximate surface area is 142 Å². The van der Waals surface area contributed by atoms with E-state index in [4.69, 9.17) is 18.9 Å². The van der Waals surface area contributed by atoms with Gasteiger partial charge in [0.2, 0.25) is 0 Å². The van der Waals surface area contributed by atoms with Gasteiger partial charge in [0.25, 0.3) is 0 Å². The molecule has 0 amide bonds. The molecule has 4 atom stereocenters. The van der Waals surface area contributed by atoms with Crippen LogP contribution in [0.1, 0.15) is 44.1 Å². The predicted molar refractivity (Wildman–Crippen MR) is 86.1 cm³/mol. The van der Waals surface area contributed by atoms with Crippen molar-refractivity contribution in [3.05, 3.63) is 35.9 Å². The van der Waals surface area contributed by atoms with E-state index in [1.165, 1.54) is 6.42 Å². The Morgan fingerprint density at radius 2 is 1.92 bits per heavy atom. The first-order valence-electron chi connectivity index (χ1n) is 8.90. The van der Waals surface area contributed by atoms with Crippen LogP contribution >= 0.6 is 0 Å². The SMILES string of the molecule is O=CC[C@H]1O[C@@H]2OC3(CCCCC3)O[C@@H]2[C@H]1OCc1ccccc1. The molecule has 5 nitrogen and oxygen atoms in total. The van der Waals surface area contributed by atoms with Gasteiger partial charge in [0.1, 0.15) is 18.5 Å². The highest BCUT2D eigenvalue weighted by Crippen LogP contribution is 2.46. The molecule has 0 aromatic heterocycles. The summed E-state index contributed by atoms with van der Waals surface area (Å²) in [7, 11) is 0. The Kier molecular flexibility index (Phi) is 4.68. The summed E-state index contributed by atoms with van der Waals surface area (Å²) >= 11 is 0. The molecule has 0 bridgehead atoms. The lowest BCUT2D eigenvalue weighted by Gasteiger charge is -2.33. The third-order valence-electron chi connectivity index (χ3n) is 5.18. The minimum atomic E-state index is -0.506. The average Bonchev–Trinajstić information content (AvgIpc) is 3.09. The number of carbonyl (C=O) groups excluding carboxylic acids is 1. The van der Waals surface area contributed by atoms with Crippen molar-refractivity contribution in [1.29, 1.82) is 0 Å². The van der Waals surface area contributed by atoms with Gasteiger partial charge in [0.05, 0.1) is 12.7 Å². The van der Waals surface area contributed by atoms with Crippen LogP contribution in [0, 0.1) is 0 Å². The fourth-order valence-electron chi connectivity index (χ4n) is 3.98. The lowest BCUT2D eigenvalue weighted by atomic mass is 9.94. The van der Waals surface area contributed by atoms with Crippen LogP contribution in [0.2, 0.25) is 0 Å². The first kappa shape index (κ1) is 16.2. The van der Waals surface area contributed by atoms with E-state index in [9.17, 15) is 4.79 Å². The molecule has 1 aromatic carbocycles. The maximum absolute atomic E-state index is 11.0. The number of ether oxygens (including phenoxy) is 4. The summed E-state index contributed by atoms with van der Waals surface area (Å²) in [6, 6.07) is 10.0. The number of hydrogen-bond acceptors (Lipinski definition) is 5. The van der Waals surface area contributed by atoms with Crippen molar-refractivity contribution in [2.75, 3.05) is 0 Å². The Balaban J connectivity index is 1.45. The van der Waals surface area contributed by atoms with Crippen molar-refractivity contribution in [3.8, 4) is 0 Å². The number of carbonyl (C=O) groups is 1. The summed E-state index contributed by atoms with van der Waals surface area (Å²) in [6.07, 6.45) is 5.20. The van der Waals surface area contributed by atoms with Gasteiger partial charge in [-0.05, 0) is 18.4 Å². The monoisotopic (exact) mass is 332 g/mol. The molecule has 24 heavy (non-hydrogen) atoms. The van der Waals surface area contributed by atoms with Crippen LogP contribution in [0.4, 0.5) is 0 Å². The van der Waals surface area contributed by atoms with Crippen LogP contribution in [0.15, 0.2) is 30.3 Å². The maximum atomic E-state index is 11.0. The lowest BCUT2D eigenvalue weighted by molar-refractivity contribution is -0.248. The van der Waals surface area contributed by atoms with Gasteiger partial charge in [-0.3, -0.25) is 0 Å². The largest absolute Gasteiger partial charge is 0.368 e. The maximum Gasteiger partial charge on any atom is 0.190 e. The van der Waals surface area contributed by atoms with Crippen molar-refractivity contribution in [3.63, 3.8) is 0 Å². The molecular formula is C19H24O5. The molecule has 2 aliphatic heterocycles. The molecule has 3 fully saturated rings. The molecule has 2 saturated heterocycles. The fourth-order valence-corrected chi connectivity index (χ4v) is 3.98. The molecule has 1 aliphatic carbocycles. The van der Waals surface area contributed by atoms with E-state index in [0.717, 1.165) is 37.5 Å². The van der Waals surface area contributed by atoms with Gasteiger partial charge in [-0.1, -0.05) is 36.8 Å². The summed E-state index contributed by atoms with van der Waals surface area (Å²) < 4.78 is 24.5. The fraction of sp³-hybridized carbons (Fsp3) is 0.632. The van der Waals surface area contributed by atoms with Crippen molar-refractivity contribution in [2.45, 2.75) is 75.5 Å². The second-order valence-electron chi connectivity index (χ2n) is 6.88. The number of rotatable bonds is 5. The Hall–Kier alpha value is -1.27. The zero-order valence-corrected chi connectivity index (χ0v) is 13.8. The molecule has 0 N–H and O–H groups in total. The van der Waals surface area contributed by atoms with Gasteiger partial charge < -0.3 is 23.7 Å². The van der Waals surface area contributed by atoms with E-state index in [-0.39, 0.29) is 18.3 Å². The van der Waals surface area contributed by atoms with Crippen LogP contribution in [0.3, 0.4) is 0 Å².